The third-order valence-corrected chi connectivity index (χ3v) is 4.39. The van der Waals surface area contributed by atoms with Gasteiger partial charge in [-0.3, -0.25) is 0 Å². The van der Waals surface area contributed by atoms with Crippen LogP contribution in [0.25, 0.3) is 0 Å². The van der Waals surface area contributed by atoms with Gasteiger partial charge in [0.15, 0.2) is 0 Å². The van der Waals surface area contributed by atoms with Gasteiger partial charge in [-0.2, -0.15) is 0 Å². The average molecular weight is 338 g/mol. The molecule has 0 aliphatic heterocycles. The normalized spacial score (nSPS) is 22.3. The molecule has 3 atom stereocenters. The van der Waals surface area contributed by atoms with Crippen LogP contribution in [-0.2, 0) is 4.74 Å². The highest BCUT2D eigenvalue weighted by molar-refractivity contribution is 5.74. The summed E-state index contributed by atoms with van der Waals surface area (Å²) >= 11 is 0. The highest BCUT2D eigenvalue weighted by Crippen LogP contribution is 2.24. The summed E-state index contributed by atoms with van der Waals surface area (Å²) in [5, 5.41) is 15.4. The minimum atomic E-state index is -0.324. The van der Waals surface area contributed by atoms with E-state index >= 15 is 0 Å². The molecule has 1 fully saturated rings. The van der Waals surface area contributed by atoms with E-state index in [1.807, 2.05) is 6.07 Å². The molecular weight excluding hydrogens is 308 g/mol. The average Bonchev–Trinajstić information content (AvgIpc) is 3.08. The molecular formula is C18H30N2O4. The van der Waals surface area contributed by atoms with E-state index in [4.69, 9.17) is 9.15 Å². The smallest absolute Gasteiger partial charge is 0.315 e. The lowest BCUT2D eigenvalue weighted by molar-refractivity contribution is 0.0860. The van der Waals surface area contributed by atoms with E-state index in [1.54, 1.807) is 12.3 Å². The fourth-order valence-corrected chi connectivity index (χ4v) is 3.09. The van der Waals surface area contributed by atoms with Crippen molar-refractivity contribution in [2.75, 3.05) is 19.8 Å². The summed E-state index contributed by atoms with van der Waals surface area (Å²) in [4.78, 5) is 12.4. The second kappa shape index (κ2) is 9.69. The Morgan fingerprint density at radius 1 is 1.38 bits per heavy atom. The summed E-state index contributed by atoms with van der Waals surface area (Å²) < 4.78 is 11.1. The summed E-state index contributed by atoms with van der Waals surface area (Å²) in [5.41, 5.74) is 0. The number of aliphatic hydroxyl groups is 1. The summed E-state index contributed by atoms with van der Waals surface area (Å²) in [7, 11) is 0. The number of furan rings is 1. The van der Waals surface area contributed by atoms with Crippen LogP contribution in [0.2, 0.25) is 0 Å². The molecule has 1 aliphatic rings. The van der Waals surface area contributed by atoms with Crippen LogP contribution in [0.5, 0.6) is 0 Å². The first-order valence-corrected chi connectivity index (χ1v) is 8.89. The molecule has 3 N–H and O–H groups in total. The van der Waals surface area contributed by atoms with E-state index in [9.17, 15) is 9.90 Å². The van der Waals surface area contributed by atoms with Crippen molar-refractivity contribution in [2.24, 2.45) is 11.8 Å². The van der Waals surface area contributed by atoms with Crippen molar-refractivity contribution >= 4 is 6.03 Å². The third kappa shape index (κ3) is 5.83. The Morgan fingerprint density at radius 2 is 2.17 bits per heavy atom. The van der Waals surface area contributed by atoms with Gasteiger partial charge in [-0.05, 0) is 30.9 Å². The third-order valence-electron chi connectivity index (χ3n) is 4.39. The van der Waals surface area contributed by atoms with Crippen molar-refractivity contribution < 1.29 is 19.1 Å². The quantitative estimate of drug-likeness (QED) is 0.680. The molecule has 0 aromatic carbocycles. The van der Waals surface area contributed by atoms with Crippen LogP contribution in [0.3, 0.4) is 0 Å². The monoisotopic (exact) mass is 338 g/mol. The summed E-state index contributed by atoms with van der Waals surface area (Å²) in [6.45, 7) is 5.28. The van der Waals surface area contributed by atoms with Crippen LogP contribution in [0.1, 0.15) is 51.3 Å². The number of rotatable bonds is 8. The zero-order valence-corrected chi connectivity index (χ0v) is 14.7. The van der Waals surface area contributed by atoms with Crippen molar-refractivity contribution in [3.63, 3.8) is 0 Å². The van der Waals surface area contributed by atoms with E-state index in [1.165, 1.54) is 0 Å². The zero-order chi connectivity index (χ0) is 17.4. The second-order valence-electron chi connectivity index (χ2n) is 6.95. The van der Waals surface area contributed by atoms with Gasteiger partial charge in [-0.25, -0.2) is 4.79 Å². The predicted octanol–water partition coefficient (Wildman–Crippen LogP) is 2.84. The maximum absolute atomic E-state index is 12.4. The first-order valence-electron chi connectivity index (χ1n) is 8.89. The van der Waals surface area contributed by atoms with Gasteiger partial charge in [0, 0.05) is 25.2 Å². The zero-order valence-electron chi connectivity index (χ0n) is 14.7. The van der Waals surface area contributed by atoms with E-state index in [2.05, 4.69) is 24.5 Å². The number of hydrogen-bond acceptors (Lipinski definition) is 4. The van der Waals surface area contributed by atoms with Gasteiger partial charge in [0.25, 0.3) is 0 Å². The highest BCUT2D eigenvalue weighted by atomic mass is 16.5. The Balaban J connectivity index is 1.89. The Labute approximate surface area is 143 Å². The fraction of sp³-hybridized carbons (Fsp3) is 0.722. The van der Waals surface area contributed by atoms with E-state index in [0.29, 0.717) is 24.9 Å². The number of aliphatic hydroxyl groups excluding tert-OH is 1. The molecule has 0 spiro atoms. The van der Waals surface area contributed by atoms with Gasteiger partial charge in [0.2, 0.25) is 0 Å². The maximum Gasteiger partial charge on any atom is 0.315 e. The topological polar surface area (TPSA) is 83.7 Å². The Kier molecular flexibility index (Phi) is 7.59. The number of hydrogen-bond donors (Lipinski definition) is 3. The fourth-order valence-electron chi connectivity index (χ4n) is 3.09. The lowest BCUT2D eigenvalue weighted by Crippen LogP contribution is -2.49. The SMILES string of the molecule is CC(C)COCC(NC(=O)NC1CCCCC1CO)c1ccco1. The minimum absolute atomic E-state index is 0.0255. The lowest BCUT2D eigenvalue weighted by atomic mass is 9.85. The summed E-state index contributed by atoms with van der Waals surface area (Å²) in [6, 6.07) is 3.09. The van der Waals surface area contributed by atoms with Gasteiger partial charge in [0.1, 0.15) is 11.8 Å². The molecule has 0 bridgehead atoms. The lowest BCUT2D eigenvalue weighted by Gasteiger charge is -2.31. The molecule has 1 aromatic heterocycles. The molecule has 24 heavy (non-hydrogen) atoms. The molecule has 6 heteroatoms. The largest absolute Gasteiger partial charge is 0.467 e. The summed E-state index contributed by atoms with van der Waals surface area (Å²) in [6.07, 6.45) is 5.66. The Morgan fingerprint density at radius 3 is 2.83 bits per heavy atom. The maximum atomic E-state index is 12.4. The van der Waals surface area contributed by atoms with Crippen molar-refractivity contribution in [1.29, 1.82) is 0 Å². The molecule has 1 heterocycles. The van der Waals surface area contributed by atoms with Crippen molar-refractivity contribution in [1.82, 2.24) is 10.6 Å². The van der Waals surface area contributed by atoms with Gasteiger partial charge >= 0.3 is 6.03 Å². The minimum Gasteiger partial charge on any atom is -0.467 e. The van der Waals surface area contributed by atoms with Crippen LogP contribution < -0.4 is 10.6 Å². The number of carbonyl (C=O) groups is 1. The van der Waals surface area contributed by atoms with E-state index in [-0.39, 0.29) is 30.6 Å². The molecule has 1 saturated carbocycles. The van der Waals surface area contributed by atoms with Crippen LogP contribution >= 0.6 is 0 Å². The van der Waals surface area contributed by atoms with Gasteiger partial charge < -0.3 is 24.9 Å². The first-order chi connectivity index (χ1) is 11.6. The van der Waals surface area contributed by atoms with Crippen LogP contribution in [-0.4, -0.2) is 37.0 Å². The summed E-state index contributed by atoms with van der Waals surface area (Å²) in [5.74, 6) is 1.25. The number of carbonyl (C=O) groups excluding carboxylic acids is 1. The first kappa shape index (κ1) is 18.8. The molecule has 6 nitrogen and oxygen atoms in total. The van der Waals surface area contributed by atoms with Crippen molar-refractivity contribution in [2.45, 2.75) is 51.6 Å². The number of amides is 2. The second-order valence-corrected chi connectivity index (χ2v) is 6.95. The Bertz CT molecular complexity index is 475. The molecule has 136 valence electrons. The number of urea groups is 1. The molecule has 0 saturated heterocycles. The molecule has 0 radical (unpaired) electrons. The highest BCUT2D eigenvalue weighted by Gasteiger charge is 2.27. The van der Waals surface area contributed by atoms with Gasteiger partial charge in [0.05, 0.1) is 12.9 Å². The van der Waals surface area contributed by atoms with E-state index in [0.717, 1.165) is 25.7 Å². The van der Waals surface area contributed by atoms with Gasteiger partial charge in [-0.15, -0.1) is 0 Å². The van der Waals surface area contributed by atoms with Gasteiger partial charge in [-0.1, -0.05) is 26.7 Å². The van der Waals surface area contributed by atoms with Crippen LogP contribution in [0.15, 0.2) is 22.8 Å². The molecule has 2 amide bonds. The number of ether oxygens (including phenoxy) is 1. The molecule has 1 aromatic rings. The van der Waals surface area contributed by atoms with Crippen LogP contribution in [0, 0.1) is 11.8 Å². The number of nitrogens with one attached hydrogen (secondary N) is 2. The standard InChI is InChI=1S/C18H30N2O4/c1-13(2)11-23-12-16(17-8-5-9-24-17)20-18(22)19-15-7-4-3-6-14(15)10-21/h5,8-9,13-16,21H,3-4,6-7,10-12H2,1-2H3,(H2,19,20,22). The predicted molar refractivity (Wildman–Crippen MR) is 91.6 cm³/mol. The van der Waals surface area contributed by atoms with E-state index < -0.39 is 0 Å². The molecule has 1 aliphatic carbocycles. The molecule has 2 rings (SSSR count). The van der Waals surface area contributed by atoms with Crippen LogP contribution in [0.4, 0.5) is 4.79 Å². The van der Waals surface area contributed by atoms with Crippen molar-refractivity contribution in [3.8, 4) is 0 Å². The molecule has 3 unspecified atom stereocenters. The Hall–Kier alpha value is -1.53. The van der Waals surface area contributed by atoms with Crippen molar-refractivity contribution in [3.05, 3.63) is 24.2 Å².